The normalized spacial score (nSPS) is 13.5. The van der Waals surface area contributed by atoms with Crippen molar-refractivity contribution < 1.29 is 19.4 Å². The molecule has 0 aliphatic carbocycles. The number of hydrogen-bond acceptors (Lipinski definition) is 4. The summed E-state index contributed by atoms with van der Waals surface area (Å²) >= 11 is 0. The van der Waals surface area contributed by atoms with Gasteiger partial charge in [-0.3, -0.25) is 9.59 Å². The van der Waals surface area contributed by atoms with Gasteiger partial charge in [0.25, 0.3) is 5.91 Å². The van der Waals surface area contributed by atoms with E-state index in [0.717, 1.165) is 5.39 Å². The maximum absolute atomic E-state index is 12.3. The van der Waals surface area contributed by atoms with Crippen LogP contribution in [0.5, 0.6) is 0 Å². The highest BCUT2D eigenvalue weighted by atomic mass is 16.5. The topological polar surface area (TPSA) is 88.5 Å². The van der Waals surface area contributed by atoms with Crippen LogP contribution in [-0.4, -0.2) is 41.2 Å². The summed E-state index contributed by atoms with van der Waals surface area (Å²) < 4.78 is 5.02. The minimum atomic E-state index is -1.01. The van der Waals surface area contributed by atoms with Crippen LogP contribution >= 0.6 is 0 Å². The highest BCUT2D eigenvalue weighted by Crippen LogP contribution is 2.14. The third-order valence-corrected chi connectivity index (χ3v) is 3.25. The molecule has 0 fully saturated rings. The lowest BCUT2D eigenvalue weighted by Gasteiger charge is -2.28. The van der Waals surface area contributed by atoms with Crippen LogP contribution in [0.3, 0.4) is 0 Å². The number of fused-ring (bicyclic) bond motifs is 1. The molecule has 22 heavy (non-hydrogen) atoms. The van der Waals surface area contributed by atoms with E-state index in [2.05, 4.69) is 10.3 Å². The largest absolute Gasteiger partial charge is 0.481 e. The Bertz CT molecular complexity index is 701. The van der Waals surface area contributed by atoms with Crippen LogP contribution in [0.15, 0.2) is 36.4 Å². The van der Waals surface area contributed by atoms with Gasteiger partial charge in [-0.1, -0.05) is 24.3 Å². The molecule has 0 bridgehead atoms. The molecular weight excluding hydrogens is 284 g/mol. The van der Waals surface area contributed by atoms with Crippen LogP contribution in [0.2, 0.25) is 0 Å². The third-order valence-electron chi connectivity index (χ3n) is 3.25. The predicted octanol–water partition coefficient (Wildman–Crippen LogP) is 1.84. The molecule has 2 rings (SSSR count). The van der Waals surface area contributed by atoms with Crippen LogP contribution in [0.1, 0.15) is 23.8 Å². The van der Waals surface area contributed by atoms with Crippen molar-refractivity contribution in [3.63, 3.8) is 0 Å². The number of carbonyl (C=O) groups excluding carboxylic acids is 1. The molecule has 0 aliphatic rings. The van der Waals surface area contributed by atoms with Crippen molar-refractivity contribution in [2.75, 3.05) is 13.7 Å². The molecule has 2 aromatic rings. The van der Waals surface area contributed by atoms with Crippen molar-refractivity contribution in [3.05, 3.63) is 42.1 Å². The van der Waals surface area contributed by atoms with E-state index >= 15 is 0 Å². The number of amides is 1. The Labute approximate surface area is 128 Å². The van der Waals surface area contributed by atoms with Crippen molar-refractivity contribution in [2.45, 2.75) is 18.9 Å². The fourth-order valence-electron chi connectivity index (χ4n) is 2.31. The molecule has 1 heterocycles. The number of nitrogens with one attached hydrogen (secondary N) is 1. The summed E-state index contributed by atoms with van der Waals surface area (Å²) in [6.45, 7) is 1.72. The summed E-state index contributed by atoms with van der Waals surface area (Å²) in [6, 6.07) is 10.9. The Kier molecular flexibility index (Phi) is 4.72. The third kappa shape index (κ3) is 3.79. The standard InChI is InChI=1S/C16H18N2O4/c1-16(10-22-2,9-14(19)20)18-15(21)13-8-7-11-5-3-4-6-12(11)17-13/h3-8H,9-10H2,1-2H3,(H,18,21)(H,19,20). The first-order valence-corrected chi connectivity index (χ1v) is 6.82. The number of aromatic nitrogens is 1. The van der Waals surface area contributed by atoms with Crippen LogP contribution in [0, 0.1) is 0 Å². The summed E-state index contributed by atoms with van der Waals surface area (Å²) in [5.74, 6) is -1.43. The van der Waals surface area contributed by atoms with Gasteiger partial charge < -0.3 is 15.2 Å². The summed E-state index contributed by atoms with van der Waals surface area (Å²) in [5, 5.41) is 12.6. The van der Waals surface area contributed by atoms with Gasteiger partial charge in [0.1, 0.15) is 5.69 Å². The second-order valence-electron chi connectivity index (χ2n) is 5.41. The van der Waals surface area contributed by atoms with Crippen molar-refractivity contribution >= 4 is 22.8 Å². The minimum Gasteiger partial charge on any atom is -0.481 e. The molecule has 1 aromatic heterocycles. The number of ether oxygens (including phenoxy) is 1. The first-order valence-electron chi connectivity index (χ1n) is 6.82. The Morgan fingerprint density at radius 1 is 1.27 bits per heavy atom. The number of carbonyl (C=O) groups is 2. The van der Waals surface area contributed by atoms with Gasteiger partial charge in [0.15, 0.2) is 0 Å². The second kappa shape index (κ2) is 6.53. The van der Waals surface area contributed by atoms with Crippen molar-refractivity contribution in [1.29, 1.82) is 0 Å². The molecule has 1 unspecified atom stereocenters. The zero-order chi connectivity index (χ0) is 16.2. The molecule has 0 saturated heterocycles. The molecule has 1 amide bonds. The first kappa shape index (κ1) is 15.9. The van der Waals surface area contributed by atoms with Gasteiger partial charge in [-0.05, 0) is 19.1 Å². The molecule has 0 spiro atoms. The van der Waals surface area contributed by atoms with Crippen LogP contribution < -0.4 is 5.32 Å². The summed E-state index contributed by atoms with van der Waals surface area (Å²) in [5.41, 5.74) is -0.0430. The van der Waals surface area contributed by atoms with E-state index in [9.17, 15) is 9.59 Å². The fourth-order valence-corrected chi connectivity index (χ4v) is 2.31. The Hall–Kier alpha value is -2.47. The number of hydrogen-bond donors (Lipinski definition) is 2. The van der Waals surface area contributed by atoms with E-state index in [0.29, 0.717) is 5.52 Å². The van der Waals surface area contributed by atoms with Gasteiger partial charge in [0.2, 0.25) is 0 Å². The van der Waals surface area contributed by atoms with Crippen LogP contribution in [-0.2, 0) is 9.53 Å². The van der Waals surface area contributed by atoms with E-state index in [1.54, 1.807) is 13.0 Å². The summed E-state index contributed by atoms with van der Waals surface area (Å²) in [4.78, 5) is 27.6. The van der Waals surface area contributed by atoms with Gasteiger partial charge in [-0.15, -0.1) is 0 Å². The number of carboxylic acid groups (broad SMARTS) is 1. The van der Waals surface area contributed by atoms with Crippen LogP contribution in [0.25, 0.3) is 10.9 Å². The molecule has 6 nitrogen and oxygen atoms in total. The molecular formula is C16H18N2O4. The van der Waals surface area contributed by atoms with Crippen molar-refractivity contribution in [1.82, 2.24) is 10.3 Å². The van der Waals surface area contributed by atoms with Gasteiger partial charge in [-0.2, -0.15) is 0 Å². The molecule has 1 atom stereocenters. The van der Waals surface area contributed by atoms with E-state index in [-0.39, 0.29) is 18.7 Å². The average molecular weight is 302 g/mol. The average Bonchev–Trinajstić information content (AvgIpc) is 2.45. The maximum atomic E-state index is 12.3. The lowest BCUT2D eigenvalue weighted by Crippen LogP contribution is -2.50. The van der Waals surface area contributed by atoms with E-state index in [1.807, 2.05) is 30.3 Å². The van der Waals surface area contributed by atoms with Gasteiger partial charge in [0.05, 0.1) is 24.1 Å². The Balaban J connectivity index is 2.22. The number of para-hydroxylation sites is 1. The SMILES string of the molecule is COCC(C)(CC(=O)O)NC(=O)c1ccc2ccccc2n1. The Morgan fingerprint density at radius 2 is 2.00 bits per heavy atom. The molecule has 2 N–H and O–H groups in total. The summed E-state index contributed by atoms with van der Waals surface area (Å²) in [7, 11) is 1.46. The van der Waals surface area contributed by atoms with E-state index < -0.39 is 17.4 Å². The lowest BCUT2D eigenvalue weighted by atomic mass is 9.98. The number of pyridine rings is 1. The van der Waals surface area contributed by atoms with Crippen molar-refractivity contribution in [2.24, 2.45) is 0 Å². The number of nitrogens with zero attached hydrogens (tertiary/aromatic N) is 1. The Morgan fingerprint density at radius 3 is 2.68 bits per heavy atom. The molecule has 0 aliphatic heterocycles. The minimum absolute atomic E-state index is 0.0959. The number of carboxylic acids is 1. The van der Waals surface area contributed by atoms with Crippen LogP contribution in [0.4, 0.5) is 0 Å². The number of benzene rings is 1. The van der Waals surface area contributed by atoms with Gasteiger partial charge >= 0.3 is 5.97 Å². The molecule has 116 valence electrons. The maximum Gasteiger partial charge on any atom is 0.305 e. The van der Waals surface area contributed by atoms with Gasteiger partial charge in [0, 0.05) is 12.5 Å². The number of aliphatic carboxylic acids is 1. The quantitative estimate of drug-likeness (QED) is 0.850. The number of rotatable bonds is 6. The van der Waals surface area contributed by atoms with Crippen molar-refractivity contribution in [3.8, 4) is 0 Å². The smallest absolute Gasteiger partial charge is 0.305 e. The number of methoxy groups -OCH3 is 1. The highest BCUT2D eigenvalue weighted by molar-refractivity contribution is 5.95. The molecule has 0 saturated carbocycles. The summed E-state index contributed by atoms with van der Waals surface area (Å²) in [6.07, 6.45) is -0.236. The van der Waals surface area contributed by atoms with Gasteiger partial charge in [-0.25, -0.2) is 4.98 Å². The molecule has 1 aromatic carbocycles. The van der Waals surface area contributed by atoms with E-state index in [1.165, 1.54) is 7.11 Å². The molecule has 6 heteroatoms. The zero-order valence-corrected chi connectivity index (χ0v) is 12.5. The lowest BCUT2D eigenvalue weighted by molar-refractivity contribution is -0.139. The fraction of sp³-hybridized carbons (Fsp3) is 0.312. The molecule has 0 radical (unpaired) electrons. The first-order chi connectivity index (χ1) is 10.4. The monoisotopic (exact) mass is 302 g/mol. The van der Waals surface area contributed by atoms with E-state index in [4.69, 9.17) is 9.84 Å². The predicted molar refractivity (Wildman–Crippen MR) is 81.7 cm³/mol. The highest BCUT2D eigenvalue weighted by Gasteiger charge is 2.30. The zero-order valence-electron chi connectivity index (χ0n) is 12.5. The second-order valence-corrected chi connectivity index (χ2v) is 5.41.